The van der Waals surface area contributed by atoms with E-state index in [2.05, 4.69) is 38.2 Å². The van der Waals surface area contributed by atoms with Crippen LogP contribution in [0.15, 0.2) is 24.3 Å². The van der Waals surface area contributed by atoms with Crippen molar-refractivity contribution in [2.75, 3.05) is 47.5 Å². The molecule has 0 aliphatic rings. The van der Waals surface area contributed by atoms with Crippen LogP contribution in [0, 0.1) is 0 Å². The molecular formula is C43H83NO8P+. The fourth-order valence-electron chi connectivity index (χ4n) is 5.77. The number of hydrogen-bond acceptors (Lipinski definition) is 7. The third-order valence-corrected chi connectivity index (χ3v) is 10.2. The van der Waals surface area contributed by atoms with E-state index >= 15 is 0 Å². The monoisotopic (exact) mass is 773 g/mol. The largest absolute Gasteiger partial charge is 0.472 e. The molecule has 0 aromatic rings. The molecule has 2 atom stereocenters. The number of unbranched alkanes of at least 4 members (excludes halogenated alkanes) is 21. The molecular weight excluding hydrogens is 689 g/mol. The van der Waals surface area contributed by atoms with Crippen LogP contribution in [0.25, 0.3) is 0 Å². The van der Waals surface area contributed by atoms with Gasteiger partial charge >= 0.3 is 19.8 Å². The Kier molecular flexibility index (Phi) is 35.1. The number of allylic oxidation sites excluding steroid dienone is 4. The van der Waals surface area contributed by atoms with E-state index in [0.717, 1.165) is 57.8 Å². The lowest BCUT2D eigenvalue weighted by Gasteiger charge is -2.24. The molecule has 1 unspecified atom stereocenters. The van der Waals surface area contributed by atoms with Crippen molar-refractivity contribution >= 4 is 19.8 Å². The van der Waals surface area contributed by atoms with E-state index in [1.807, 2.05) is 21.1 Å². The first-order chi connectivity index (χ1) is 25.5. The van der Waals surface area contributed by atoms with Gasteiger partial charge in [0.25, 0.3) is 0 Å². The summed E-state index contributed by atoms with van der Waals surface area (Å²) in [6.45, 7) is 4.39. The van der Waals surface area contributed by atoms with Gasteiger partial charge in [0.2, 0.25) is 0 Å². The molecule has 1 N–H and O–H groups in total. The molecule has 53 heavy (non-hydrogen) atoms. The van der Waals surface area contributed by atoms with Crippen LogP contribution >= 0.6 is 7.82 Å². The second kappa shape index (κ2) is 36.1. The van der Waals surface area contributed by atoms with Gasteiger partial charge in [-0.3, -0.25) is 18.6 Å². The predicted molar refractivity (Wildman–Crippen MR) is 220 cm³/mol. The van der Waals surface area contributed by atoms with E-state index in [0.29, 0.717) is 17.4 Å². The maximum Gasteiger partial charge on any atom is 0.472 e. The molecule has 0 rings (SSSR count). The number of phosphoric ester groups is 1. The van der Waals surface area contributed by atoms with Crippen molar-refractivity contribution in [3.05, 3.63) is 24.3 Å². The van der Waals surface area contributed by atoms with Crippen LogP contribution in [0.4, 0.5) is 0 Å². The molecule has 0 aromatic carbocycles. The molecule has 9 nitrogen and oxygen atoms in total. The number of likely N-dealkylation sites (N-methyl/N-ethyl adjacent to an activating group) is 1. The fourth-order valence-corrected chi connectivity index (χ4v) is 6.51. The van der Waals surface area contributed by atoms with Gasteiger partial charge in [0, 0.05) is 12.8 Å². The summed E-state index contributed by atoms with van der Waals surface area (Å²) < 4.78 is 34.3. The third kappa shape index (κ3) is 40.0. The summed E-state index contributed by atoms with van der Waals surface area (Å²) in [4.78, 5) is 35.3. The predicted octanol–water partition coefficient (Wildman–Crippen LogP) is 12.0. The summed E-state index contributed by atoms with van der Waals surface area (Å²) in [5.74, 6) is -0.811. The first-order valence-electron chi connectivity index (χ1n) is 21.6. The molecule has 0 saturated carbocycles. The van der Waals surface area contributed by atoms with E-state index in [1.54, 1.807) is 0 Å². The molecule has 10 heteroatoms. The first kappa shape index (κ1) is 51.5. The number of quaternary nitrogens is 1. The van der Waals surface area contributed by atoms with Crippen LogP contribution in [0.5, 0.6) is 0 Å². The average Bonchev–Trinajstić information content (AvgIpc) is 3.10. The quantitative estimate of drug-likeness (QED) is 0.0216. The summed E-state index contributed by atoms with van der Waals surface area (Å²) in [6.07, 6.45) is 37.9. The van der Waals surface area contributed by atoms with E-state index < -0.39 is 26.5 Å². The fraction of sp³-hybridized carbons (Fsp3) is 0.860. The molecule has 312 valence electrons. The lowest BCUT2D eigenvalue weighted by Crippen LogP contribution is -2.37. The Morgan fingerprint density at radius 1 is 0.566 bits per heavy atom. The van der Waals surface area contributed by atoms with Crippen LogP contribution in [-0.4, -0.2) is 74.9 Å². The van der Waals surface area contributed by atoms with E-state index in [4.69, 9.17) is 18.5 Å². The van der Waals surface area contributed by atoms with Gasteiger partial charge in [0.1, 0.15) is 19.8 Å². The van der Waals surface area contributed by atoms with Crippen LogP contribution in [0.3, 0.4) is 0 Å². The van der Waals surface area contributed by atoms with Gasteiger partial charge in [-0.15, -0.1) is 0 Å². The molecule has 0 radical (unpaired) electrons. The zero-order valence-corrected chi connectivity index (χ0v) is 35.9. The van der Waals surface area contributed by atoms with Crippen LogP contribution in [-0.2, 0) is 32.7 Å². The Bertz CT molecular complexity index is 964. The summed E-state index contributed by atoms with van der Waals surface area (Å²) in [5, 5.41) is 0. The number of phosphoric acid groups is 1. The summed E-state index contributed by atoms with van der Waals surface area (Å²) in [7, 11) is 1.47. The third-order valence-electron chi connectivity index (χ3n) is 9.20. The van der Waals surface area contributed by atoms with Gasteiger partial charge < -0.3 is 18.9 Å². The average molecular weight is 773 g/mol. The molecule has 0 saturated heterocycles. The van der Waals surface area contributed by atoms with Crippen molar-refractivity contribution in [3.8, 4) is 0 Å². The standard InChI is InChI=1S/C43H82NO8P/c1-6-8-10-12-14-16-18-20-22-24-25-27-29-31-33-35-42(45)49-39-41(40-51-53(47,48)50-38-37-44(3,4)5)52-43(46)36-34-32-30-28-26-23-21-19-17-15-13-11-9-7-2/h16,18-19,21,41H,6-15,17,20,22-40H2,1-5H3/p+1/b18-16+,21-19+/t41-/m1/s1. The second-order valence-corrected chi connectivity index (χ2v) is 17.2. The smallest absolute Gasteiger partial charge is 0.462 e. The van der Waals surface area contributed by atoms with Gasteiger partial charge in [-0.1, -0.05) is 134 Å². The molecule has 0 fully saturated rings. The molecule has 0 aliphatic heterocycles. The molecule has 0 spiro atoms. The zero-order chi connectivity index (χ0) is 39.3. The summed E-state index contributed by atoms with van der Waals surface area (Å²) >= 11 is 0. The van der Waals surface area contributed by atoms with E-state index in [1.165, 1.54) is 96.3 Å². The minimum absolute atomic E-state index is 0.0305. The molecule has 0 aliphatic carbocycles. The highest BCUT2D eigenvalue weighted by Gasteiger charge is 2.27. The van der Waals surface area contributed by atoms with Crippen molar-refractivity contribution in [3.63, 3.8) is 0 Å². The Hall–Kier alpha value is -1.51. The van der Waals surface area contributed by atoms with Gasteiger partial charge in [0.15, 0.2) is 6.10 Å². The normalized spacial score (nSPS) is 13.8. The maximum absolute atomic E-state index is 12.7. The number of carbonyl (C=O) groups is 2. The number of rotatable bonds is 39. The molecule has 0 heterocycles. The highest BCUT2D eigenvalue weighted by Crippen LogP contribution is 2.43. The first-order valence-corrected chi connectivity index (χ1v) is 23.1. The van der Waals surface area contributed by atoms with Gasteiger partial charge in [-0.2, -0.15) is 0 Å². The van der Waals surface area contributed by atoms with E-state index in [-0.39, 0.29) is 32.0 Å². The number of hydrogen-bond donors (Lipinski definition) is 1. The lowest BCUT2D eigenvalue weighted by molar-refractivity contribution is -0.870. The van der Waals surface area contributed by atoms with E-state index in [9.17, 15) is 19.0 Å². The maximum atomic E-state index is 12.7. The highest BCUT2D eigenvalue weighted by molar-refractivity contribution is 7.47. The number of nitrogens with zero attached hydrogens (tertiary/aromatic N) is 1. The van der Waals surface area contributed by atoms with Crippen molar-refractivity contribution in [1.82, 2.24) is 0 Å². The zero-order valence-electron chi connectivity index (χ0n) is 35.0. The van der Waals surface area contributed by atoms with Gasteiger partial charge in [-0.25, -0.2) is 4.57 Å². The second-order valence-electron chi connectivity index (χ2n) is 15.7. The van der Waals surface area contributed by atoms with Crippen molar-refractivity contribution in [1.29, 1.82) is 0 Å². The Labute approximate surface area is 326 Å². The van der Waals surface area contributed by atoms with Crippen molar-refractivity contribution < 1.29 is 42.1 Å². The minimum atomic E-state index is -4.37. The van der Waals surface area contributed by atoms with Crippen LogP contribution < -0.4 is 0 Å². The topological polar surface area (TPSA) is 108 Å². The van der Waals surface area contributed by atoms with Gasteiger partial charge in [0.05, 0.1) is 27.7 Å². The number of ether oxygens (including phenoxy) is 2. The number of esters is 2. The Morgan fingerprint density at radius 2 is 0.962 bits per heavy atom. The minimum Gasteiger partial charge on any atom is -0.462 e. The van der Waals surface area contributed by atoms with Crippen molar-refractivity contribution in [2.24, 2.45) is 0 Å². The Balaban J connectivity index is 4.38. The van der Waals surface area contributed by atoms with Gasteiger partial charge in [-0.05, 0) is 64.2 Å². The molecule has 0 bridgehead atoms. The van der Waals surface area contributed by atoms with Crippen molar-refractivity contribution in [2.45, 2.75) is 193 Å². The number of carbonyl (C=O) groups excluding carboxylic acids is 2. The lowest BCUT2D eigenvalue weighted by atomic mass is 10.1. The Morgan fingerprint density at radius 3 is 1.42 bits per heavy atom. The van der Waals surface area contributed by atoms with Crippen LogP contribution in [0.2, 0.25) is 0 Å². The SMILES string of the molecule is CCCCCC/C=C/CCCCCCCCCC(=O)OC[C@H](COP(=O)(O)OCC[N+](C)(C)C)OC(=O)CCCCCCC/C=C/CCCCCCC. The van der Waals surface area contributed by atoms with Crippen LogP contribution in [0.1, 0.15) is 187 Å². The molecule has 0 amide bonds. The summed E-state index contributed by atoms with van der Waals surface area (Å²) in [5.41, 5.74) is 0. The highest BCUT2D eigenvalue weighted by atomic mass is 31.2. The molecule has 0 aromatic heterocycles. The summed E-state index contributed by atoms with van der Waals surface area (Å²) in [6, 6.07) is 0.